The molecular formula is C8H15N5. The molecule has 0 radical (unpaired) electrons. The Morgan fingerprint density at radius 3 is 2.92 bits per heavy atom. The molecule has 1 atom stereocenters. The molecule has 0 spiro atoms. The zero-order valence-electron chi connectivity index (χ0n) is 8.06. The topological polar surface area (TPSA) is 55.6 Å². The molecule has 1 aliphatic carbocycles. The van der Waals surface area contributed by atoms with Crippen LogP contribution < -0.4 is 5.32 Å². The average molecular weight is 181 g/mol. The second-order valence-corrected chi connectivity index (χ2v) is 3.82. The van der Waals surface area contributed by atoms with Crippen molar-refractivity contribution in [2.75, 3.05) is 11.9 Å². The van der Waals surface area contributed by atoms with Gasteiger partial charge in [0.1, 0.15) is 0 Å². The van der Waals surface area contributed by atoms with Crippen molar-refractivity contribution in [2.24, 2.45) is 18.9 Å². The summed E-state index contributed by atoms with van der Waals surface area (Å²) in [6.45, 7) is 3.24. The first-order chi connectivity index (χ1) is 6.27. The maximum absolute atomic E-state index is 3.86. The molecule has 2 rings (SSSR count). The van der Waals surface area contributed by atoms with E-state index in [1.807, 2.05) is 7.05 Å². The van der Waals surface area contributed by atoms with Crippen molar-refractivity contribution in [1.29, 1.82) is 0 Å². The maximum Gasteiger partial charge on any atom is 0.242 e. The summed E-state index contributed by atoms with van der Waals surface area (Å²) in [5, 5.41) is 14.4. The first-order valence-electron chi connectivity index (χ1n) is 4.73. The summed E-state index contributed by atoms with van der Waals surface area (Å²) in [4.78, 5) is 0. The molecule has 1 fully saturated rings. The highest BCUT2D eigenvalue weighted by Gasteiger charge is 2.27. The van der Waals surface area contributed by atoms with E-state index in [2.05, 4.69) is 27.8 Å². The van der Waals surface area contributed by atoms with E-state index in [0.29, 0.717) is 0 Å². The number of anilines is 1. The number of hydrogen-bond acceptors (Lipinski definition) is 4. The second-order valence-electron chi connectivity index (χ2n) is 3.82. The predicted octanol–water partition coefficient (Wildman–Crippen LogP) is 0.668. The summed E-state index contributed by atoms with van der Waals surface area (Å²) in [6, 6.07) is 0. The minimum atomic E-state index is 0.733. The zero-order chi connectivity index (χ0) is 9.26. The summed E-state index contributed by atoms with van der Waals surface area (Å²) in [5.41, 5.74) is 0. The van der Waals surface area contributed by atoms with Gasteiger partial charge in [0.25, 0.3) is 0 Å². The lowest BCUT2D eigenvalue weighted by Gasteiger charge is -2.10. The molecule has 1 N–H and O–H groups in total. The van der Waals surface area contributed by atoms with Crippen molar-refractivity contribution < 1.29 is 0 Å². The Labute approximate surface area is 77.5 Å². The molecule has 13 heavy (non-hydrogen) atoms. The SMILES string of the molecule is CC(CNc1nnnn1C)C1CC1. The van der Waals surface area contributed by atoms with Crippen LogP contribution in [0.15, 0.2) is 0 Å². The highest BCUT2D eigenvalue weighted by Crippen LogP contribution is 2.36. The molecule has 0 aliphatic heterocycles. The first-order valence-corrected chi connectivity index (χ1v) is 4.73. The van der Waals surface area contributed by atoms with Crippen molar-refractivity contribution >= 4 is 5.95 Å². The number of tetrazole rings is 1. The van der Waals surface area contributed by atoms with Crippen molar-refractivity contribution in [3.8, 4) is 0 Å². The van der Waals surface area contributed by atoms with E-state index in [4.69, 9.17) is 0 Å². The van der Waals surface area contributed by atoms with Crippen LogP contribution >= 0.6 is 0 Å². The van der Waals surface area contributed by atoms with Gasteiger partial charge in [0.15, 0.2) is 0 Å². The summed E-state index contributed by atoms with van der Waals surface area (Å²) in [5.74, 6) is 2.41. The highest BCUT2D eigenvalue weighted by molar-refractivity contribution is 5.20. The average Bonchev–Trinajstić information content (AvgIpc) is 2.88. The van der Waals surface area contributed by atoms with Crippen LogP contribution in [0.5, 0.6) is 0 Å². The van der Waals surface area contributed by atoms with Gasteiger partial charge in [-0.05, 0) is 35.1 Å². The van der Waals surface area contributed by atoms with E-state index in [-0.39, 0.29) is 0 Å². The number of aromatic nitrogens is 4. The molecule has 5 heteroatoms. The van der Waals surface area contributed by atoms with Crippen molar-refractivity contribution in [2.45, 2.75) is 19.8 Å². The Balaban J connectivity index is 1.81. The molecule has 1 heterocycles. The van der Waals surface area contributed by atoms with Crippen molar-refractivity contribution in [3.05, 3.63) is 0 Å². The fourth-order valence-corrected chi connectivity index (χ4v) is 1.46. The summed E-state index contributed by atoms with van der Waals surface area (Å²) >= 11 is 0. The van der Waals surface area contributed by atoms with Gasteiger partial charge < -0.3 is 5.32 Å². The lowest BCUT2D eigenvalue weighted by atomic mass is 10.1. The monoisotopic (exact) mass is 181 g/mol. The number of nitrogens with one attached hydrogen (secondary N) is 1. The molecule has 1 unspecified atom stereocenters. The van der Waals surface area contributed by atoms with Gasteiger partial charge in [-0.2, -0.15) is 0 Å². The van der Waals surface area contributed by atoms with Gasteiger partial charge in [-0.3, -0.25) is 0 Å². The van der Waals surface area contributed by atoms with Gasteiger partial charge in [0.2, 0.25) is 5.95 Å². The van der Waals surface area contributed by atoms with Crippen LogP contribution in [0, 0.1) is 11.8 Å². The van der Waals surface area contributed by atoms with E-state index in [9.17, 15) is 0 Å². The third-order valence-electron chi connectivity index (χ3n) is 2.63. The third-order valence-corrected chi connectivity index (χ3v) is 2.63. The molecule has 0 bridgehead atoms. The van der Waals surface area contributed by atoms with Crippen LogP contribution in [-0.2, 0) is 7.05 Å². The minimum absolute atomic E-state index is 0.733. The lowest BCUT2D eigenvalue weighted by molar-refractivity contribution is 0.533. The minimum Gasteiger partial charge on any atom is -0.353 e. The molecule has 0 amide bonds. The van der Waals surface area contributed by atoms with E-state index < -0.39 is 0 Å². The Bertz CT molecular complexity index is 278. The number of rotatable bonds is 4. The molecule has 1 aromatic rings. The van der Waals surface area contributed by atoms with Crippen molar-refractivity contribution in [3.63, 3.8) is 0 Å². The molecule has 5 nitrogen and oxygen atoms in total. The fraction of sp³-hybridized carbons (Fsp3) is 0.875. The first kappa shape index (κ1) is 8.47. The molecule has 0 aromatic carbocycles. The van der Waals surface area contributed by atoms with Gasteiger partial charge in [0, 0.05) is 13.6 Å². The van der Waals surface area contributed by atoms with Gasteiger partial charge in [0.05, 0.1) is 0 Å². The summed E-state index contributed by atoms with van der Waals surface area (Å²) in [6.07, 6.45) is 2.78. The Hall–Kier alpha value is -1.13. The van der Waals surface area contributed by atoms with Crippen LogP contribution in [0.4, 0.5) is 5.95 Å². The fourth-order valence-electron chi connectivity index (χ4n) is 1.46. The molecule has 0 saturated heterocycles. The van der Waals surface area contributed by atoms with Crippen LogP contribution in [0.3, 0.4) is 0 Å². The molecule has 1 aromatic heterocycles. The normalized spacial score (nSPS) is 18.6. The van der Waals surface area contributed by atoms with Gasteiger partial charge >= 0.3 is 0 Å². The van der Waals surface area contributed by atoms with Gasteiger partial charge in [-0.15, -0.1) is 0 Å². The Kier molecular flexibility index (Phi) is 2.16. The van der Waals surface area contributed by atoms with E-state index in [1.165, 1.54) is 12.8 Å². The van der Waals surface area contributed by atoms with E-state index >= 15 is 0 Å². The van der Waals surface area contributed by atoms with E-state index in [1.54, 1.807) is 4.68 Å². The maximum atomic E-state index is 3.86. The van der Waals surface area contributed by atoms with Crippen LogP contribution in [0.25, 0.3) is 0 Å². The predicted molar refractivity (Wildman–Crippen MR) is 49.2 cm³/mol. The molecule has 1 saturated carbocycles. The standard InChI is InChI=1S/C8H15N5/c1-6(7-3-4-7)5-9-8-10-11-12-13(8)2/h6-7H,3-5H2,1-2H3,(H,9,10,12). The molecular weight excluding hydrogens is 166 g/mol. The zero-order valence-corrected chi connectivity index (χ0v) is 8.06. The highest BCUT2D eigenvalue weighted by atomic mass is 15.6. The van der Waals surface area contributed by atoms with E-state index in [0.717, 1.165) is 24.3 Å². The van der Waals surface area contributed by atoms with Gasteiger partial charge in [-0.1, -0.05) is 12.0 Å². The molecule has 1 aliphatic rings. The number of hydrogen-bond donors (Lipinski definition) is 1. The van der Waals surface area contributed by atoms with Crippen LogP contribution in [0.1, 0.15) is 19.8 Å². The third kappa shape index (κ3) is 1.96. The second kappa shape index (κ2) is 3.32. The smallest absolute Gasteiger partial charge is 0.242 e. The van der Waals surface area contributed by atoms with Crippen LogP contribution in [0.2, 0.25) is 0 Å². The Morgan fingerprint density at radius 1 is 1.62 bits per heavy atom. The largest absolute Gasteiger partial charge is 0.353 e. The summed E-state index contributed by atoms with van der Waals surface area (Å²) in [7, 11) is 1.84. The lowest BCUT2D eigenvalue weighted by Crippen LogP contribution is -2.15. The quantitative estimate of drug-likeness (QED) is 0.741. The van der Waals surface area contributed by atoms with Crippen molar-refractivity contribution in [1.82, 2.24) is 20.2 Å². The number of aryl methyl sites for hydroxylation is 1. The Morgan fingerprint density at radius 2 is 2.38 bits per heavy atom. The van der Waals surface area contributed by atoms with Crippen LogP contribution in [-0.4, -0.2) is 26.8 Å². The molecule has 72 valence electrons. The number of nitrogens with zero attached hydrogens (tertiary/aromatic N) is 4. The summed E-state index contributed by atoms with van der Waals surface area (Å²) < 4.78 is 1.65. The van der Waals surface area contributed by atoms with Gasteiger partial charge in [-0.25, -0.2) is 4.68 Å².